The number of carbonyl (C=O) groups excluding carboxylic acids is 4. The SMILES string of the molecule is CNc1cc(O)c2c(c1)CCCC(=O)C(=O)C(=O)C(F)C[C@@H](C)[C@H](C)OC2=O. The first-order valence-electron chi connectivity index (χ1n) is 9.15. The van der Waals surface area contributed by atoms with E-state index in [4.69, 9.17) is 4.74 Å². The molecular formula is C20H24FNO6. The molecule has 28 heavy (non-hydrogen) atoms. The molecule has 2 rings (SSSR count). The van der Waals surface area contributed by atoms with Gasteiger partial charge in [0, 0.05) is 25.2 Å². The summed E-state index contributed by atoms with van der Waals surface area (Å²) in [5.41, 5.74) is 0.979. The van der Waals surface area contributed by atoms with E-state index in [1.54, 1.807) is 20.0 Å². The Morgan fingerprint density at radius 2 is 1.82 bits per heavy atom. The Balaban J connectivity index is 2.43. The van der Waals surface area contributed by atoms with Gasteiger partial charge in [0.2, 0.25) is 11.6 Å². The highest BCUT2D eigenvalue weighted by Crippen LogP contribution is 2.30. The van der Waals surface area contributed by atoms with Gasteiger partial charge in [0.15, 0.2) is 6.17 Å². The number of phenolic OH excluding ortho intramolecular Hbond substituents is 1. The quantitative estimate of drug-likeness (QED) is 0.557. The molecule has 0 saturated carbocycles. The number of esters is 1. The summed E-state index contributed by atoms with van der Waals surface area (Å²) in [5, 5.41) is 13.2. The van der Waals surface area contributed by atoms with Crippen molar-refractivity contribution in [2.75, 3.05) is 12.4 Å². The summed E-state index contributed by atoms with van der Waals surface area (Å²) in [7, 11) is 1.65. The van der Waals surface area contributed by atoms with E-state index in [1.807, 2.05) is 0 Å². The molecule has 1 heterocycles. The third-order valence-corrected chi connectivity index (χ3v) is 4.98. The first-order chi connectivity index (χ1) is 13.1. The van der Waals surface area contributed by atoms with Gasteiger partial charge in [-0.05, 0) is 43.7 Å². The van der Waals surface area contributed by atoms with Crippen molar-refractivity contribution in [2.24, 2.45) is 5.92 Å². The molecule has 1 aliphatic rings. The number of ether oxygens (including phenoxy) is 1. The maximum Gasteiger partial charge on any atom is 0.342 e. The fourth-order valence-corrected chi connectivity index (χ4v) is 3.06. The first-order valence-corrected chi connectivity index (χ1v) is 9.15. The van der Waals surface area contributed by atoms with Gasteiger partial charge in [-0.3, -0.25) is 14.4 Å². The summed E-state index contributed by atoms with van der Waals surface area (Å²) in [5.74, 6) is -5.29. The minimum Gasteiger partial charge on any atom is -0.507 e. The smallest absolute Gasteiger partial charge is 0.342 e. The number of fused-ring (bicyclic) bond motifs is 1. The lowest BCUT2D eigenvalue weighted by atomic mass is 9.93. The molecule has 0 radical (unpaired) electrons. The maximum absolute atomic E-state index is 14.2. The minimum atomic E-state index is -2.13. The molecule has 7 nitrogen and oxygen atoms in total. The van der Waals surface area contributed by atoms with Gasteiger partial charge < -0.3 is 15.2 Å². The number of aromatic hydroxyl groups is 1. The van der Waals surface area contributed by atoms with Gasteiger partial charge >= 0.3 is 5.97 Å². The van der Waals surface area contributed by atoms with Crippen LogP contribution in [-0.4, -0.2) is 47.7 Å². The van der Waals surface area contributed by atoms with Gasteiger partial charge in [0.1, 0.15) is 17.4 Å². The Labute approximate surface area is 162 Å². The zero-order chi connectivity index (χ0) is 21.0. The monoisotopic (exact) mass is 393 g/mol. The van der Waals surface area contributed by atoms with Gasteiger partial charge in [0.05, 0.1) is 0 Å². The van der Waals surface area contributed by atoms with Gasteiger partial charge in [-0.2, -0.15) is 0 Å². The molecule has 152 valence electrons. The minimum absolute atomic E-state index is 0.0261. The number of phenols is 1. The number of hydrogen-bond donors (Lipinski definition) is 2. The van der Waals surface area contributed by atoms with Crippen LogP contribution in [0.5, 0.6) is 5.75 Å². The van der Waals surface area contributed by atoms with E-state index in [0.29, 0.717) is 11.3 Å². The number of hydrogen-bond acceptors (Lipinski definition) is 7. The first kappa shape index (κ1) is 21.5. The lowest BCUT2D eigenvalue weighted by Gasteiger charge is -2.23. The number of halogens is 1. The molecule has 3 atom stereocenters. The maximum atomic E-state index is 14.2. The lowest BCUT2D eigenvalue weighted by Crippen LogP contribution is -2.34. The Kier molecular flexibility index (Phi) is 6.88. The number of aryl methyl sites for hydroxylation is 1. The van der Waals surface area contributed by atoms with Crippen molar-refractivity contribution >= 4 is 29.0 Å². The van der Waals surface area contributed by atoms with Crippen molar-refractivity contribution in [3.63, 3.8) is 0 Å². The number of cyclic esters (lactones) is 1. The van der Waals surface area contributed by atoms with Crippen LogP contribution in [0.4, 0.5) is 10.1 Å². The normalized spacial score (nSPS) is 24.9. The molecule has 0 spiro atoms. The van der Waals surface area contributed by atoms with Gasteiger partial charge in [-0.25, -0.2) is 9.18 Å². The molecule has 8 heteroatoms. The summed E-state index contributed by atoms with van der Waals surface area (Å²) >= 11 is 0. The number of nitrogens with one attached hydrogen (secondary N) is 1. The van der Waals surface area contributed by atoms with E-state index in [9.17, 15) is 28.7 Å². The summed E-state index contributed by atoms with van der Waals surface area (Å²) in [4.78, 5) is 48.4. The van der Waals surface area contributed by atoms with Crippen LogP contribution in [0.15, 0.2) is 12.1 Å². The zero-order valence-electron chi connectivity index (χ0n) is 16.1. The molecule has 0 aromatic heterocycles. The molecule has 0 aliphatic carbocycles. The Morgan fingerprint density at radius 3 is 2.46 bits per heavy atom. The number of rotatable bonds is 1. The van der Waals surface area contributed by atoms with Crippen molar-refractivity contribution < 1.29 is 33.4 Å². The standard InChI is InChI=1S/C20H24FNO6/c1-10-7-14(21)18(25)19(26)15(23)6-4-5-12-8-13(22-3)9-16(24)17(12)20(27)28-11(10)2/h8-11,14,22,24H,4-7H2,1-3H3/t10-,11+,14?/m1/s1. The highest BCUT2D eigenvalue weighted by atomic mass is 19.1. The van der Waals surface area contributed by atoms with Crippen LogP contribution in [0.1, 0.15) is 49.0 Å². The van der Waals surface area contributed by atoms with Crippen LogP contribution >= 0.6 is 0 Å². The lowest BCUT2D eigenvalue weighted by molar-refractivity contribution is -0.146. The molecule has 1 aliphatic heterocycles. The van der Waals surface area contributed by atoms with Crippen molar-refractivity contribution in [2.45, 2.75) is 51.8 Å². The van der Waals surface area contributed by atoms with Gasteiger partial charge in [-0.1, -0.05) is 6.92 Å². The van der Waals surface area contributed by atoms with Crippen LogP contribution < -0.4 is 5.32 Å². The summed E-state index contributed by atoms with van der Waals surface area (Å²) in [6.07, 6.45) is -3.19. The number of anilines is 1. The predicted molar refractivity (Wildman–Crippen MR) is 99.2 cm³/mol. The molecule has 1 unspecified atom stereocenters. The Morgan fingerprint density at radius 1 is 1.14 bits per heavy atom. The van der Waals surface area contributed by atoms with E-state index < -0.39 is 41.5 Å². The van der Waals surface area contributed by atoms with E-state index in [-0.39, 0.29) is 37.0 Å². The number of carbonyl (C=O) groups is 4. The van der Waals surface area contributed by atoms with Crippen LogP contribution in [0, 0.1) is 5.92 Å². The number of ketones is 3. The molecule has 0 fully saturated rings. The fraction of sp³-hybridized carbons (Fsp3) is 0.500. The van der Waals surface area contributed by atoms with Gasteiger partial charge in [-0.15, -0.1) is 0 Å². The Hall–Kier alpha value is -2.77. The molecule has 1 aromatic carbocycles. The van der Waals surface area contributed by atoms with E-state index in [0.717, 1.165) is 0 Å². The van der Waals surface area contributed by atoms with Crippen molar-refractivity contribution in [1.82, 2.24) is 0 Å². The van der Waals surface area contributed by atoms with E-state index >= 15 is 0 Å². The third kappa shape index (κ3) is 4.74. The van der Waals surface area contributed by atoms with E-state index in [1.165, 1.54) is 13.0 Å². The zero-order valence-corrected chi connectivity index (χ0v) is 16.1. The number of benzene rings is 1. The van der Waals surface area contributed by atoms with Crippen LogP contribution in [0.25, 0.3) is 0 Å². The summed E-state index contributed by atoms with van der Waals surface area (Å²) < 4.78 is 19.5. The molecule has 0 amide bonds. The molecular weight excluding hydrogens is 369 g/mol. The third-order valence-electron chi connectivity index (χ3n) is 4.98. The van der Waals surface area contributed by atoms with Crippen LogP contribution in [0.2, 0.25) is 0 Å². The molecule has 0 bridgehead atoms. The summed E-state index contributed by atoms with van der Waals surface area (Å²) in [6, 6.07) is 3.02. The predicted octanol–water partition coefficient (Wildman–Crippen LogP) is 2.39. The highest BCUT2D eigenvalue weighted by molar-refractivity contribution is 6.64. The number of alkyl halides is 1. The van der Waals surface area contributed by atoms with Crippen molar-refractivity contribution in [3.05, 3.63) is 23.3 Å². The summed E-state index contributed by atoms with van der Waals surface area (Å²) in [6.45, 7) is 3.11. The Bertz CT molecular complexity index is 806. The van der Waals surface area contributed by atoms with Crippen LogP contribution in [-0.2, 0) is 25.5 Å². The molecule has 2 N–H and O–H groups in total. The molecule has 0 saturated heterocycles. The van der Waals surface area contributed by atoms with Crippen molar-refractivity contribution in [3.8, 4) is 5.75 Å². The fourth-order valence-electron chi connectivity index (χ4n) is 3.06. The topological polar surface area (TPSA) is 110 Å². The van der Waals surface area contributed by atoms with Crippen molar-refractivity contribution in [1.29, 1.82) is 0 Å². The largest absolute Gasteiger partial charge is 0.507 e. The molecule has 1 aromatic rings. The average molecular weight is 393 g/mol. The second-order valence-corrected chi connectivity index (χ2v) is 7.04. The highest BCUT2D eigenvalue weighted by Gasteiger charge is 2.33. The van der Waals surface area contributed by atoms with Crippen LogP contribution in [0.3, 0.4) is 0 Å². The number of Topliss-reactive ketones (excluding diaryl/α,β-unsaturated/α-hetero) is 3. The second kappa shape index (κ2) is 8.95. The average Bonchev–Trinajstić information content (AvgIpc) is 2.65. The van der Waals surface area contributed by atoms with E-state index in [2.05, 4.69) is 5.32 Å². The van der Waals surface area contributed by atoms with Gasteiger partial charge in [0.25, 0.3) is 5.78 Å². The second-order valence-electron chi connectivity index (χ2n) is 7.04.